The zero-order valence-electron chi connectivity index (χ0n) is 17.5. The van der Waals surface area contributed by atoms with Crippen LogP contribution in [0.1, 0.15) is 16.3 Å². The predicted molar refractivity (Wildman–Crippen MR) is 132 cm³/mol. The molecule has 1 N–H and O–H groups in total. The Morgan fingerprint density at radius 2 is 1.94 bits per heavy atom. The quantitative estimate of drug-likeness (QED) is 0.265. The number of nitrogens with one attached hydrogen (secondary N) is 1. The van der Waals surface area contributed by atoms with Crippen LogP contribution in [0.3, 0.4) is 0 Å². The van der Waals surface area contributed by atoms with Gasteiger partial charge in [-0.3, -0.25) is 14.2 Å². The summed E-state index contributed by atoms with van der Waals surface area (Å²) in [7, 11) is 0. The summed E-state index contributed by atoms with van der Waals surface area (Å²) in [5.74, 6) is 0.179. The maximum Gasteiger partial charge on any atom is 0.266 e. The van der Waals surface area contributed by atoms with E-state index < -0.39 is 5.82 Å². The van der Waals surface area contributed by atoms with E-state index in [1.54, 1.807) is 24.3 Å². The van der Waals surface area contributed by atoms with Crippen LogP contribution < -0.4 is 11.1 Å². The van der Waals surface area contributed by atoms with Crippen molar-refractivity contribution in [2.24, 2.45) is 0 Å². The molecule has 0 spiro atoms. The Morgan fingerprint density at radius 3 is 2.73 bits per heavy atom. The highest BCUT2D eigenvalue weighted by molar-refractivity contribution is 7.98. The Bertz CT molecular complexity index is 1680. The molecule has 0 aliphatic carbocycles. The summed E-state index contributed by atoms with van der Waals surface area (Å²) in [6, 6.07) is 11.1. The van der Waals surface area contributed by atoms with Gasteiger partial charge in [0.25, 0.3) is 11.1 Å². The van der Waals surface area contributed by atoms with Gasteiger partial charge in [-0.15, -0.1) is 11.3 Å². The first-order chi connectivity index (χ1) is 15.8. The summed E-state index contributed by atoms with van der Waals surface area (Å²) in [5.41, 5.74) is 1.38. The number of H-pyrrole nitrogens is 1. The van der Waals surface area contributed by atoms with Crippen LogP contribution in [0, 0.1) is 19.7 Å². The lowest BCUT2D eigenvalue weighted by Crippen LogP contribution is -2.22. The first-order valence-electron chi connectivity index (χ1n) is 9.92. The first kappa shape index (κ1) is 21.8. The molecule has 3 heterocycles. The summed E-state index contributed by atoms with van der Waals surface area (Å²) >= 11 is 8.71. The fraction of sp³-hybridized carbons (Fsp3) is 0.130. The zero-order chi connectivity index (χ0) is 23.3. The Balaban J connectivity index is 1.62. The zero-order valence-corrected chi connectivity index (χ0v) is 19.9. The molecule has 0 amide bonds. The van der Waals surface area contributed by atoms with E-state index in [-0.39, 0.29) is 21.9 Å². The molecule has 0 saturated heterocycles. The standard InChI is InChI=1S/C23H16ClFN4O2S2/c1-11-12(2)33-21-19(11)20(30)27-18(28-21)10-32-23-26-17-6-4-3-5-14(17)22(31)29(23)13-7-8-16(25)15(24)9-13/h3-9H,10H2,1-2H3,(H,27,28,30). The second-order valence-corrected chi connectivity index (χ2v) is 9.97. The number of thiophene rings is 1. The summed E-state index contributed by atoms with van der Waals surface area (Å²) in [6.07, 6.45) is 0. The van der Waals surface area contributed by atoms with Crippen molar-refractivity contribution in [3.05, 3.63) is 90.3 Å². The largest absolute Gasteiger partial charge is 0.309 e. The Morgan fingerprint density at radius 1 is 1.15 bits per heavy atom. The van der Waals surface area contributed by atoms with Crippen molar-refractivity contribution in [2.75, 3.05) is 0 Å². The second kappa shape index (κ2) is 8.40. The minimum Gasteiger partial charge on any atom is -0.309 e. The maximum absolute atomic E-state index is 13.8. The molecule has 0 aliphatic heterocycles. The Kier molecular flexibility index (Phi) is 5.55. The summed E-state index contributed by atoms with van der Waals surface area (Å²) < 4.78 is 15.1. The van der Waals surface area contributed by atoms with Crippen LogP contribution in [-0.4, -0.2) is 19.5 Å². The highest BCUT2D eigenvalue weighted by Gasteiger charge is 2.16. The van der Waals surface area contributed by atoms with Gasteiger partial charge in [0.05, 0.1) is 32.8 Å². The molecule has 166 valence electrons. The predicted octanol–water partition coefficient (Wildman–Crippen LogP) is 5.39. The number of fused-ring (bicyclic) bond motifs is 2. The number of aromatic amines is 1. The molecular weight excluding hydrogens is 483 g/mol. The fourth-order valence-corrected chi connectivity index (χ4v) is 5.67. The van der Waals surface area contributed by atoms with Gasteiger partial charge in [0.2, 0.25) is 0 Å². The van der Waals surface area contributed by atoms with Crippen LogP contribution in [0.5, 0.6) is 0 Å². The normalized spacial score (nSPS) is 11.5. The minimum atomic E-state index is -0.576. The molecule has 0 unspecified atom stereocenters. The number of thioether (sulfide) groups is 1. The second-order valence-electron chi connectivity index (χ2n) is 7.42. The van der Waals surface area contributed by atoms with Crippen molar-refractivity contribution in [3.8, 4) is 5.69 Å². The van der Waals surface area contributed by atoms with Gasteiger partial charge in [0, 0.05) is 4.88 Å². The average Bonchev–Trinajstić information content (AvgIpc) is 3.08. The van der Waals surface area contributed by atoms with Gasteiger partial charge in [-0.2, -0.15) is 0 Å². The Hall–Kier alpha value is -3.01. The monoisotopic (exact) mass is 498 g/mol. The van der Waals surface area contributed by atoms with Crippen LogP contribution >= 0.6 is 34.7 Å². The average molecular weight is 499 g/mol. The number of halogens is 2. The van der Waals surface area contributed by atoms with Gasteiger partial charge in [0.15, 0.2) is 5.16 Å². The van der Waals surface area contributed by atoms with Gasteiger partial charge in [-0.1, -0.05) is 35.5 Å². The van der Waals surface area contributed by atoms with Crippen molar-refractivity contribution in [1.82, 2.24) is 19.5 Å². The lowest BCUT2D eigenvalue weighted by molar-refractivity contribution is 0.627. The molecule has 3 aromatic heterocycles. The number of hydrogen-bond donors (Lipinski definition) is 1. The van der Waals surface area contributed by atoms with E-state index in [2.05, 4.69) is 15.0 Å². The molecular formula is C23H16ClFN4O2S2. The third-order valence-electron chi connectivity index (χ3n) is 5.33. The molecule has 5 rings (SSSR count). The summed E-state index contributed by atoms with van der Waals surface area (Å²) in [6.45, 7) is 3.87. The highest BCUT2D eigenvalue weighted by atomic mass is 35.5. The van der Waals surface area contributed by atoms with Gasteiger partial charge < -0.3 is 4.98 Å². The molecule has 0 fully saturated rings. The molecule has 5 aromatic rings. The molecule has 0 saturated carbocycles. The van der Waals surface area contributed by atoms with Crippen LogP contribution in [-0.2, 0) is 5.75 Å². The third kappa shape index (κ3) is 3.86. The topological polar surface area (TPSA) is 80.6 Å². The van der Waals surface area contributed by atoms with Gasteiger partial charge in [-0.25, -0.2) is 14.4 Å². The number of benzene rings is 2. The smallest absolute Gasteiger partial charge is 0.266 e. The number of hydrogen-bond acceptors (Lipinski definition) is 6. The van der Waals surface area contributed by atoms with E-state index in [0.29, 0.717) is 37.8 Å². The molecule has 0 aliphatic rings. The van der Waals surface area contributed by atoms with Crippen molar-refractivity contribution in [2.45, 2.75) is 24.8 Å². The van der Waals surface area contributed by atoms with Gasteiger partial charge in [0.1, 0.15) is 16.5 Å². The SMILES string of the molecule is Cc1sc2nc(CSc3nc4ccccc4c(=O)n3-c3ccc(F)c(Cl)c3)[nH]c(=O)c2c1C. The molecule has 0 radical (unpaired) electrons. The number of rotatable bonds is 4. The van der Waals surface area contributed by atoms with Crippen LogP contribution in [0.2, 0.25) is 5.02 Å². The number of nitrogens with zero attached hydrogens (tertiary/aromatic N) is 3. The lowest BCUT2D eigenvalue weighted by Gasteiger charge is -2.13. The lowest BCUT2D eigenvalue weighted by atomic mass is 10.2. The molecule has 0 bridgehead atoms. The molecule has 10 heteroatoms. The van der Waals surface area contributed by atoms with Gasteiger partial charge >= 0.3 is 0 Å². The summed E-state index contributed by atoms with van der Waals surface area (Å²) in [5, 5.41) is 1.32. The molecule has 33 heavy (non-hydrogen) atoms. The number of para-hydroxylation sites is 1. The van der Waals surface area contributed by atoms with Crippen LogP contribution in [0.4, 0.5) is 4.39 Å². The maximum atomic E-state index is 13.8. The van der Waals surface area contributed by atoms with Crippen molar-refractivity contribution in [3.63, 3.8) is 0 Å². The molecule has 2 aromatic carbocycles. The number of aryl methyl sites for hydroxylation is 2. The van der Waals surface area contributed by atoms with Crippen molar-refractivity contribution in [1.29, 1.82) is 0 Å². The van der Waals surface area contributed by atoms with Crippen molar-refractivity contribution >= 4 is 55.8 Å². The fourth-order valence-electron chi connectivity index (χ4n) is 3.56. The third-order valence-corrected chi connectivity index (χ3v) is 7.67. The first-order valence-corrected chi connectivity index (χ1v) is 12.1. The summed E-state index contributed by atoms with van der Waals surface area (Å²) in [4.78, 5) is 39.8. The number of aromatic nitrogens is 4. The van der Waals surface area contributed by atoms with Crippen molar-refractivity contribution < 1.29 is 4.39 Å². The van der Waals surface area contributed by atoms with Crippen LogP contribution in [0.15, 0.2) is 57.2 Å². The van der Waals surface area contributed by atoms with Crippen LogP contribution in [0.25, 0.3) is 26.8 Å². The molecule has 0 atom stereocenters. The van der Waals surface area contributed by atoms with E-state index in [9.17, 15) is 14.0 Å². The van der Waals surface area contributed by atoms with E-state index in [0.717, 1.165) is 10.4 Å². The van der Waals surface area contributed by atoms with E-state index in [1.165, 1.54) is 45.9 Å². The van der Waals surface area contributed by atoms with Gasteiger partial charge in [-0.05, 0) is 49.7 Å². The Labute approximate surface area is 200 Å². The highest BCUT2D eigenvalue weighted by Crippen LogP contribution is 2.28. The van der Waals surface area contributed by atoms with E-state index in [1.807, 2.05) is 13.8 Å². The minimum absolute atomic E-state index is 0.0941. The molecule has 6 nitrogen and oxygen atoms in total. The van der Waals surface area contributed by atoms with E-state index in [4.69, 9.17) is 11.6 Å². The van der Waals surface area contributed by atoms with E-state index >= 15 is 0 Å².